The van der Waals surface area contributed by atoms with Gasteiger partial charge in [-0.1, -0.05) is 77.6 Å². The molecule has 3 heterocycles. The van der Waals surface area contributed by atoms with Gasteiger partial charge < -0.3 is 18.9 Å². The van der Waals surface area contributed by atoms with Gasteiger partial charge in [0.1, 0.15) is 18.3 Å². The Balaban J connectivity index is 1.63. The van der Waals surface area contributed by atoms with Crippen LogP contribution in [0.3, 0.4) is 0 Å². The van der Waals surface area contributed by atoms with Crippen LogP contribution in [0.15, 0.2) is 41.8 Å². The van der Waals surface area contributed by atoms with Gasteiger partial charge in [-0.3, -0.25) is 0 Å². The highest BCUT2D eigenvalue weighted by Crippen LogP contribution is 2.47. The largest absolute Gasteiger partial charge is 0.380 e. The highest BCUT2D eigenvalue weighted by atomic mass is 32.2. The van der Waals surface area contributed by atoms with Crippen LogP contribution in [0.4, 0.5) is 0 Å². The summed E-state index contributed by atoms with van der Waals surface area (Å²) in [6.45, 7) is 12.6. The van der Waals surface area contributed by atoms with Gasteiger partial charge in [-0.25, -0.2) is 0 Å². The number of fused-ring (bicyclic) bond motifs is 1. The lowest BCUT2D eigenvalue weighted by atomic mass is 9.94. The van der Waals surface area contributed by atoms with E-state index in [1.807, 2.05) is 34.4 Å². The first-order chi connectivity index (χ1) is 20.7. The number of thioether (sulfide) groups is 1. The van der Waals surface area contributed by atoms with Crippen molar-refractivity contribution < 1.29 is 18.9 Å². The number of benzene rings is 1. The predicted molar refractivity (Wildman–Crippen MR) is 183 cm³/mol. The zero-order chi connectivity index (χ0) is 29.6. The Hall–Kier alpha value is -0.930. The van der Waals surface area contributed by atoms with E-state index in [0.29, 0.717) is 6.61 Å². The van der Waals surface area contributed by atoms with Crippen molar-refractivity contribution >= 4 is 43.8 Å². The summed E-state index contributed by atoms with van der Waals surface area (Å²) in [7, 11) is 0. The van der Waals surface area contributed by atoms with Gasteiger partial charge in [0.15, 0.2) is 0 Å². The number of rotatable bonds is 20. The van der Waals surface area contributed by atoms with Crippen LogP contribution in [0.5, 0.6) is 0 Å². The average molecular weight is 633 g/mol. The molecule has 0 saturated carbocycles. The first-order valence-corrected chi connectivity index (χ1v) is 18.9. The van der Waals surface area contributed by atoms with E-state index in [1.165, 1.54) is 25.4 Å². The molecule has 0 bridgehead atoms. The van der Waals surface area contributed by atoms with Gasteiger partial charge in [-0.15, -0.1) is 34.4 Å². The molecule has 1 saturated heterocycles. The third-order valence-corrected chi connectivity index (χ3v) is 11.6. The fraction of sp³-hybridized carbons (Fsp3) is 0.657. The quantitative estimate of drug-likeness (QED) is 0.116. The summed E-state index contributed by atoms with van der Waals surface area (Å²) < 4.78 is 27.9. The molecule has 0 spiro atoms. The molecule has 1 aliphatic rings. The lowest BCUT2D eigenvalue weighted by molar-refractivity contribution is -0.149. The fourth-order valence-corrected chi connectivity index (χ4v) is 9.23. The van der Waals surface area contributed by atoms with E-state index in [0.717, 1.165) is 84.2 Å². The maximum absolute atomic E-state index is 6.79. The summed E-state index contributed by atoms with van der Waals surface area (Å²) in [5, 5.41) is 3.90. The molecule has 7 heteroatoms. The predicted octanol–water partition coefficient (Wildman–Crippen LogP) is 10.1. The van der Waals surface area contributed by atoms with Gasteiger partial charge in [0, 0.05) is 43.1 Å². The van der Waals surface area contributed by atoms with Crippen LogP contribution in [-0.2, 0) is 25.4 Å². The zero-order valence-corrected chi connectivity index (χ0v) is 28.6. The smallest absolute Gasteiger partial charge is 0.112 e. The van der Waals surface area contributed by atoms with Crippen LogP contribution in [0.2, 0.25) is 0 Å². The average Bonchev–Trinajstić information content (AvgIpc) is 3.59. The van der Waals surface area contributed by atoms with E-state index >= 15 is 0 Å². The number of hydrogen-bond donors (Lipinski definition) is 0. The third kappa shape index (κ3) is 9.79. The minimum absolute atomic E-state index is 0.0508. The second kappa shape index (κ2) is 18.8. The molecular formula is C35H52O4S3. The fourth-order valence-electron chi connectivity index (χ4n) is 5.41. The van der Waals surface area contributed by atoms with Crippen molar-refractivity contribution in [2.24, 2.45) is 0 Å². The van der Waals surface area contributed by atoms with Crippen molar-refractivity contribution in [1.82, 2.24) is 0 Å². The van der Waals surface area contributed by atoms with E-state index < -0.39 is 0 Å². The maximum atomic E-state index is 6.79. The standard InChI is InChI=1S/C35H52O4S3/c1-5-9-17-36-25-30-31(37-18-10-6-2)32(38-19-11-7-3)33(39-20-12-8-4)34(42-30)27-15-13-14-26(22-27)23-29-24-28-16-21-40-35(28)41-29/h13-16,21-22,24,30-34H,5-12,17-20,23,25H2,1-4H3/t30-,31-,32+,33-,34+/m1/s1. The lowest BCUT2D eigenvalue weighted by Gasteiger charge is -2.46. The molecule has 1 aliphatic heterocycles. The molecule has 1 aromatic carbocycles. The second-order valence-corrected chi connectivity index (χ2v) is 15.1. The topological polar surface area (TPSA) is 36.9 Å². The van der Waals surface area contributed by atoms with Crippen LogP contribution in [0.1, 0.15) is 100 Å². The Morgan fingerprint density at radius 3 is 2.07 bits per heavy atom. The molecule has 2 aromatic heterocycles. The van der Waals surface area contributed by atoms with E-state index in [1.54, 1.807) is 0 Å². The molecule has 0 N–H and O–H groups in total. The Labute approximate surface area is 266 Å². The first kappa shape index (κ1) is 34.0. The molecule has 5 atom stereocenters. The van der Waals surface area contributed by atoms with Gasteiger partial charge >= 0.3 is 0 Å². The summed E-state index contributed by atoms with van der Waals surface area (Å²) in [5.74, 6) is 0. The van der Waals surface area contributed by atoms with E-state index in [2.05, 4.69) is 69.5 Å². The number of hydrogen-bond acceptors (Lipinski definition) is 7. The van der Waals surface area contributed by atoms with Crippen LogP contribution in [-0.4, -0.2) is 56.6 Å². The molecule has 3 aromatic rings. The third-order valence-electron chi connectivity index (χ3n) is 7.84. The van der Waals surface area contributed by atoms with Crippen molar-refractivity contribution in [2.75, 3.05) is 33.0 Å². The zero-order valence-electron chi connectivity index (χ0n) is 26.2. The van der Waals surface area contributed by atoms with Crippen LogP contribution >= 0.6 is 34.4 Å². The molecule has 0 amide bonds. The highest BCUT2D eigenvalue weighted by Gasteiger charge is 2.48. The molecular weight excluding hydrogens is 581 g/mol. The number of thiophene rings is 2. The van der Waals surface area contributed by atoms with Crippen molar-refractivity contribution in [1.29, 1.82) is 0 Å². The highest BCUT2D eigenvalue weighted by molar-refractivity contribution is 8.00. The molecule has 42 heavy (non-hydrogen) atoms. The molecule has 234 valence electrons. The van der Waals surface area contributed by atoms with Crippen LogP contribution in [0, 0.1) is 0 Å². The molecule has 0 radical (unpaired) electrons. The number of ether oxygens (including phenoxy) is 4. The molecule has 0 unspecified atom stereocenters. The monoisotopic (exact) mass is 632 g/mol. The summed E-state index contributed by atoms with van der Waals surface area (Å²) in [6.07, 6.45) is 9.44. The van der Waals surface area contributed by atoms with Crippen molar-refractivity contribution in [3.63, 3.8) is 0 Å². The van der Waals surface area contributed by atoms with Crippen molar-refractivity contribution in [3.8, 4) is 0 Å². The SMILES string of the molecule is CCCCOC[C@H]1S[C@@H](c2cccc(Cc3cc4ccsc4s3)c2)[C@H](OCCCC)[C@@H](OCCCC)[C@@H]1OCCCC. The van der Waals surface area contributed by atoms with Crippen LogP contribution in [0.25, 0.3) is 9.40 Å². The Morgan fingerprint density at radius 2 is 1.38 bits per heavy atom. The summed E-state index contributed by atoms with van der Waals surface area (Å²) in [4.78, 5) is 1.42. The van der Waals surface area contributed by atoms with Crippen molar-refractivity contribution in [3.05, 3.63) is 57.8 Å². The van der Waals surface area contributed by atoms with Crippen LogP contribution < -0.4 is 0 Å². The Kier molecular flexibility index (Phi) is 15.2. The van der Waals surface area contributed by atoms with Gasteiger partial charge in [0.05, 0.1) is 21.1 Å². The molecule has 1 fully saturated rings. The van der Waals surface area contributed by atoms with E-state index in [-0.39, 0.29) is 28.8 Å². The minimum Gasteiger partial charge on any atom is -0.380 e. The first-order valence-electron chi connectivity index (χ1n) is 16.3. The summed E-state index contributed by atoms with van der Waals surface area (Å²) in [5.41, 5.74) is 2.68. The number of unbranched alkanes of at least 4 members (excludes halogenated alkanes) is 4. The Bertz CT molecular complexity index is 1120. The lowest BCUT2D eigenvalue weighted by Crippen LogP contribution is -2.55. The summed E-state index contributed by atoms with van der Waals surface area (Å²) >= 11 is 5.75. The van der Waals surface area contributed by atoms with Gasteiger partial charge in [-0.2, -0.15) is 0 Å². The van der Waals surface area contributed by atoms with Crippen molar-refractivity contribution in [2.45, 2.75) is 114 Å². The maximum Gasteiger partial charge on any atom is 0.112 e. The van der Waals surface area contributed by atoms with E-state index in [9.17, 15) is 0 Å². The van der Waals surface area contributed by atoms with Gasteiger partial charge in [-0.05, 0) is 54.3 Å². The molecule has 4 nitrogen and oxygen atoms in total. The second-order valence-electron chi connectivity index (χ2n) is 11.4. The van der Waals surface area contributed by atoms with Gasteiger partial charge in [0.25, 0.3) is 0 Å². The normalized spacial score (nSPS) is 22.7. The van der Waals surface area contributed by atoms with Gasteiger partial charge in [0.2, 0.25) is 0 Å². The molecule has 4 rings (SSSR count). The minimum atomic E-state index is -0.121. The molecule has 0 aliphatic carbocycles. The van der Waals surface area contributed by atoms with E-state index in [4.69, 9.17) is 18.9 Å². The Morgan fingerprint density at radius 1 is 0.714 bits per heavy atom. The summed E-state index contributed by atoms with van der Waals surface area (Å²) in [6, 6.07) is 13.8.